The van der Waals surface area contributed by atoms with Gasteiger partial charge in [-0.2, -0.15) is 0 Å². The van der Waals surface area contributed by atoms with E-state index < -0.39 is 0 Å². The first-order valence-electron chi connectivity index (χ1n) is 4.21. The second kappa shape index (κ2) is 1.53. The van der Waals surface area contributed by atoms with E-state index in [1.165, 1.54) is 25.7 Å². The van der Waals surface area contributed by atoms with Gasteiger partial charge in [0.15, 0.2) is 0 Å². The van der Waals surface area contributed by atoms with Crippen LogP contribution in [0.3, 0.4) is 0 Å². The molecule has 9 heavy (non-hydrogen) atoms. The van der Waals surface area contributed by atoms with Gasteiger partial charge in [-0.05, 0) is 36.5 Å². The summed E-state index contributed by atoms with van der Waals surface area (Å²) in [7, 11) is 0. The van der Waals surface area contributed by atoms with Gasteiger partial charge in [-0.25, -0.2) is 0 Å². The summed E-state index contributed by atoms with van der Waals surface area (Å²) in [6.45, 7) is 4.89. The maximum atomic E-state index is 2.47. The van der Waals surface area contributed by atoms with Gasteiger partial charge in [0, 0.05) is 0 Å². The summed E-state index contributed by atoms with van der Waals surface area (Å²) in [5.74, 6) is 2.15. The van der Waals surface area contributed by atoms with Gasteiger partial charge in [0.25, 0.3) is 0 Å². The van der Waals surface area contributed by atoms with Crippen LogP contribution in [0, 0.1) is 17.3 Å². The van der Waals surface area contributed by atoms with E-state index >= 15 is 0 Å². The molecule has 0 heteroatoms. The van der Waals surface area contributed by atoms with Crippen molar-refractivity contribution >= 4 is 0 Å². The van der Waals surface area contributed by atoms with Crippen molar-refractivity contribution in [1.82, 2.24) is 0 Å². The zero-order valence-electron chi connectivity index (χ0n) is 6.48. The third-order valence-electron chi connectivity index (χ3n) is 3.71. The molecule has 0 N–H and O–H groups in total. The topological polar surface area (TPSA) is 0 Å². The maximum Gasteiger partial charge on any atom is -0.0295 e. The van der Waals surface area contributed by atoms with Crippen molar-refractivity contribution in [3.8, 4) is 0 Å². The minimum absolute atomic E-state index is 0.781. The average Bonchev–Trinajstić information content (AvgIpc) is 1.73. The Morgan fingerprint density at radius 1 is 1.22 bits per heavy atom. The lowest BCUT2D eigenvalue weighted by molar-refractivity contribution is -0.0385. The number of hydrogen-bond donors (Lipinski definition) is 0. The normalized spacial score (nSPS) is 56.7. The van der Waals surface area contributed by atoms with Gasteiger partial charge in [-0.15, -0.1) is 0 Å². The number of rotatable bonds is 0. The molecule has 2 bridgehead atoms. The van der Waals surface area contributed by atoms with Gasteiger partial charge in [-0.1, -0.05) is 20.3 Å². The van der Waals surface area contributed by atoms with Crippen LogP contribution in [0.5, 0.6) is 0 Å². The van der Waals surface area contributed by atoms with E-state index in [0.717, 1.165) is 17.3 Å². The monoisotopic (exact) mass is 124 g/mol. The Morgan fingerprint density at radius 3 is 2.22 bits per heavy atom. The maximum absolute atomic E-state index is 2.47. The zero-order valence-corrected chi connectivity index (χ0v) is 6.48. The minimum atomic E-state index is 0.781. The highest BCUT2D eigenvalue weighted by atomic mass is 14.5. The smallest absolute Gasteiger partial charge is 0.0295 e. The van der Waals surface area contributed by atoms with Gasteiger partial charge >= 0.3 is 0 Å². The van der Waals surface area contributed by atoms with E-state index in [2.05, 4.69) is 13.8 Å². The van der Waals surface area contributed by atoms with Crippen molar-refractivity contribution in [3.05, 3.63) is 0 Å². The van der Waals surface area contributed by atoms with Gasteiger partial charge in [0.1, 0.15) is 0 Å². The highest BCUT2D eigenvalue weighted by molar-refractivity contribution is 4.97. The molecule has 52 valence electrons. The molecular weight excluding hydrogens is 108 g/mol. The molecule has 3 saturated carbocycles. The van der Waals surface area contributed by atoms with Crippen LogP contribution in [0.15, 0.2) is 0 Å². The standard InChI is InChI=1S/C9H16/c1-7-3-4-8-5-9(7,2)6-8/h7-8H,3-6H2,1-2H3. The quantitative estimate of drug-likeness (QED) is 0.466. The molecule has 1 atom stereocenters. The molecule has 0 saturated heterocycles. The van der Waals surface area contributed by atoms with Gasteiger partial charge < -0.3 is 0 Å². The van der Waals surface area contributed by atoms with E-state index in [9.17, 15) is 0 Å². The molecule has 0 nitrogen and oxygen atoms in total. The molecule has 3 fully saturated rings. The molecule has 0 aromatic heterocycles. The van der Waals surface area contributed by atoms with Crippen LogP contribution >= 0.6 is 0 Å². The Balaban J connectivity index is 2.11. The van der Waals surface area contributed by atoms with Crippen LogP contribution in [0.2, 0.25) is 0 Å². The molecule has 0 aromatic carbocycles. The fourth-order valence-electron chi connectivity index (χ4n) is 2.70. The molecule has 0 spiro atoms. The SMILES string of the molecule is CC1CCC2CC1(C)C2. The number of fused-ring (bicyclic) bond motifs is 2. The summed E-state index contributed by atoms with van der Waals surface area (Å²) in [5, 5.41) is 0. The van der Waals surface area contributed by atoms with E-state index in [-0.39, 0.29) is 0 Å². The Hall–Kier alpha value is 0. The van der Waals surface area contributed by atoms with E-state index in [1.54, 1.807) is 0 Å². The first-order chi connectivity index (χ1) is 4.21. The highest BCUT2D eigenvalue weighted by Gasteiger charge is 2.47. The molecule has 3 rings (SSSR count). The summed E-state index contributed by atoms with van der Waals surface area (Å²) < 4.78 is 0. The van der Waals surface area contributed by atoms with Crippen molar-refractivity contribution in [2.45, 2.75) is 39.5 Å². The second-order valence-corrected chi connectivity index (χ2v) is 4.41. The van der Waals surface area contributed by atoms with Crippen molar-refractivity contribution in [2.24, 2.45) is 17.3 Å². The Bertz CT molecular complexity index is 120. The average molecular weight is 124 g/mol. The second-order valence-electron chi connectivity index (χ2n) is 4.41. The Morgan fingerprint density at radius 2 is 1.89 bits per heavy atom. The molecule has 0 aromatic rings. The lowest BCUT2D eigenvalue weighted by Crippen LogP contribution is -2.44. The van der Waals surface area contributed by atoms with Crippen molar-refractivity contribution in [2.75, 3.05) is 0 Å². The van der Waals surface area contributed by atoms with Crippen LogP contribution in [0.1, 0.15) is 39.5 Å². The molecule has 1 unspecified atom stereocenters. The molecular formula is C9H16. The summed E-state index contributed by atoms with van der Waals surface area (Å²) in [5.41, 5.74) is 0.781. The zero-order chi connectivity index (χ0) is 6.48. The molecule has 0 heterocycles. The van der Waals surface area contributed by atoms with Crippen molar-refractivity contribution in [1.29, 1.82) is 0 Å². The van der Waals surface area contributed by atoms with E-state index in [4.69, 9.17) is 0 Å². The Kier molecular flexibility index (Phi) is 0.980. The first kappa shape index (κ1) is 5.76. The van der Waals surface area contributed by atoms with Gasteiger partial charge in [0.2, 0.25) is 0 Å². The van der Waals surface area contributed by atoms with Gasteiger partial charge in [-0.3, -0.25) is 0 Å². The van der Waals surface area contributed by atoms with Crippen molar-refractivity contribution in [3.63, 3.8) is 0 Å². The van der Waals surface area contributed by atoms with E-state index in [1.807, 2.05) is 0 Å². The van der Waals surface area contributed by atoms with Gasteiger partial charge in [0.05, 0.1) is 0 Å². The van der Waals surface area contributed by atoms with Crippen LogP contribution < -0.4 is 0 Å². The van der Waals surface area contributed by atoms with Crippen molar-refractivity contribution < 1.29 is 0 Å². The lowest BCUT2D eigenvalue weighted by Gasteiger charge is -2.54. The largest absolute Gasteiger partial charge is 0.0620 e. The molecule has 0 amide bonds. The van der Waals surface area contributed by atoms with E-state index in [0.29, 0.717) is 0 Å². The summed E-state index contributed by atoms with van der Waals surface area (Å²) in [6.07, 6.45) is 6.10. The predicted octanol–water partition coefficient (Wildman–Crippen LogP) is 2.83. The number of hydrogen-bond acceptors (Lipinski definition) is 0. The van der Waals surface area contributed by atoms with Crippen LogP contribution in [-0.4, -0.2) is 0 Å². The summed E-state index contributed by atoms with van der Waals surface area (Å²) in [6, 6.07) is 0. The van der Waals surface area contributed by atoms with Crippen LogP contribution in [-0.2, 0) is 0 Å². The minimum Gasteiger partial charge on any atom is -0.0620 e. The predicted molar refractivity (Wildman–Crippen MR) is 39.2 cm³/mol. The molecule has 3 aliphatic rings. The Labute approximate surface area is 57.6 Å². The highest BCUT2D eigenvalue weighted by Crippen LogP contribution is 2.58. The molecule has 3 aliphatic carbocycles. The third kappa shape index (κ3) is 0.653. The summed E-state index contributed by atoms with van der Waals surface area (Å²) >= 11 is 0. The fraction of sp³-hybridized carbons (Fsp3) is 1.00. The fourth-order valence-corrected chi connectivity index (χ4v) is 2.70. The van der Waals surface area contributed by atoms with Crippen LogP contribution in [0.4, 0.5) is 0 Å². The molecule has 0 radical (unpaired) electrons. The lowest BCUT2D eigenvalue weighted by atomic mass is 9.51. The first-order valence-corrected chi connectivity index (χ1v) is 4.21. The molecule has 0 aliphatic heterocycles. The van der Waals surface area contributed by atoms with Crippen LogP contribution in [0.25, 0.3) is 0 Å². The summed E-state index contributed by atoms with van der Waals surface area (Å²) in [4.78, 5) is 0. The third-order valence-corrected chi connectivity index (χ3v) is 3.71.